The number of ether oxygens (including phenoxy) is 1. The number of nitriles is 3. The van der Waals surface area contributed by atoms with Gasteiger partial charge in [-0.2, -0.15) is 15.8 Å². The average Bonchev–Trinajstić information content (AvgIpc) is 3.29. The molecule has 1 saturated heterocycles. The van der Waals surface area contributed by atoms with Gasteiger partial charge in [-0.15, -0.1) is 11.3 Å². The van der Waals surface area contributed by atoms with E-state index in [0.29, 0.717) is 5.76 Å². The second-order valence-electron chi connectivity index (χ2n) is 4.99. The molecule has 0 bridgehead atoms. The van der Waals surface area contributed by atoms with E-state index in [9.17, 15) is 5.26 Å². The molecule has 0 amide bonds. The van der Waals surface area contributed by atoms with Crippen molar-refractivity contribution in [1.29, 1.82) is 15.8 Å². The molecule has 0 unspecified atom stereocenters. The molecule has 0 saturated carbocycles. The summed E-state index contributed by atoms with van der Waals surface area (Å²) in [6.07, 6.45) is 0. The van der Waals surface area contributed by atoms with Crippen LogP contribution in [0.2, 0.25) is 0 Å². The van der Waals surface area contributed by atoms with Crippen molar-refractivity contribution >= 4 is 21.9 Å². The van der Waals surface area contributed by atoms with Gasteiger partial charge in [-0.25, -0.2) is 0 Å². The lowest BCUT2D eigenvalue weighted by Crippen LogP contribution is -2.35. The maximum atomic E-state index is 9.18. The third-order valence-electron chi connectivity index (χ3n) is 3.60. The van der Waals surface area contributed by atoms with E-state index in [0.717, 1.165) is 36.2 Å². The van der Waals surface area contributed by atoms with E-state index in [4.69, 9.17) is 19.7 Å². The third-order valence-corrected chi connectivity index (χ3v) is 4.76. The Bertz CT molecular complexity index is 882. The fraction of sp³-hybridized carbons (Fsp3) is 0.235. The minimum Gasteiger partial charge on any atom is -0.454 e. The molecule has 7 heteroatoms. The molecule has 1 aliphatic heterocycles. The highest BCUT2D eigenvalue weighted by Gasteiger charge is 2.17. The fourth-order valence-electron chi connectivity index (χ4n) is 2.39. The minimum absolute atomic E-state index is 0.0452. The van der Waals surface area contributed by atoms with E-state index in [-0.39, 0.29) is 16.9 Å². The van der Waals surface area contributed by atoms with E-state index in [2.05, 4.69) is 4.90 Å². The summed E-state index contributed by atoms with van der Waals surface area (Å²) in [6, 6.07) is 12.6. The first-order chi connectivity index (χ1) is 11.8. The Kier molecular flexibility index (Phi) is 4.63. The molecule has 3 heterocycles. The highest BCUT2D eigenvalue weighted by molar-refractivity contribution is 7.19. The molecular weight excluding hydrogens is 324 g/mol. The number of allylic oxidation sites excluding steroid dienone is 2. The Hall–Kier alpha value is -3.05. The quantitative estimate of drug-likeness (QED) is 0.799. The standard InChI is InChI=1S/C17H12N4O2S/c18-9-12(10-19)13(11-20)14-1-2-15(23-14)16-3-4-17(24-16)21-5-7-22-8-6-21/h1-4H,5-8H2. The van der Waals surface area contributed by atoms with Gasteiger partial charge in [-0.1, -0.05) is 0 Å². The van der Waals surface area contributed by atoms with E-state index in [1.54, 1.807) is 35.6 Å². The third kappa shape index (κ3) is 3.02. The van der Waals surface area contributed by atoms with E-state index >= 15 is 0 Å². The van der Waals surface area contributed by atoms with Crippen molar-refractivity contribution in [3.63, 3.8) is 0 Å². The van der Waals surface area contributed by atoms with Gasteiger partial charge in [0.05, 0.1) is 23.1 Å². The molecule has 2 aromatic rings. The van der Waals surface area contributed by atoms with Crippen molar-refractivity contribution in [3.8, 4) is 28.8 Å². The van der Waals surface area contributed by atoms with Gasteiger partial charge >= 0.3 is 0 Å². The van der Waals surface area contributed by atoms with Gasteiger partial charge in [0.25, 0.3) is 0 Å². The largest absolute Gasteiger partial charge is 0.454 e. The molecule has 1 aliphatic rings. The van der Waals surface area contributed by atoms with Gasteiger partial charge in [0.1, 0.15) is 35.3 Å². The normalized spacial score (nSPS) is 13.6. The van der Waals surface area contributed by atoms with Gasteiger partial charge in [0.2, 0.25) is 0 Å². The van der Waals surface area contributed by atoms with Gasteiger partial charge in [-0.3, -0.25) is 0 Å². The molecule has 24 heavy (non-hydrogen) atoms. The topological polar surface area (TPSA) is 97.0 Å². The van der Waals surface area contributed by atoms with Crippen LogP contribution in [0.1, 0.15) is 5.76 Å². The van der Waals surface area contributed by atoms with E-state index < -0.39 is 0 Å². The summed E-state index contributed by atoms with van der Waals surface area (Å²) in [6.45, 7) is 3.16. The molecule has 3 rings (SSSR count). The van der Waals surface area contributed by atoms with Crippen molar-refractivity contribution in [2.24, 2.45) is 0 Å². The smallest absolute Gasteiger partial charge is 0.151 e. The Morgan fingerprint density at radius 3 is 2.42 bits per heavy atom. The lowest BCUT2D eigenvalue weighted by Gasteiger charge is -2.27. The summed E-state index contributed by atoms with van der Waals surface area (Å²) in [4.78, 5) is 3.18. The average molecular weight is 336 g/mol. The van der Waals surface area contributed by atoms with Crippen LogP contribution in [0.4, 0.5) is 5.00 Å². The molecule has 1 fully saturated rings. The molecule has 0 N–H and O–H groups in total. The number of thiophene rings is 1. The van der Waals surface area contributed by atoms with Crippen LogP contribution in [-0.2, 0) is 4.74 Å². The van der Waals surface area contributed by atoms with Gasteiger partial charge in [0, 0.05) is 13.1 Å². The molecule has 6 nitrogen and oxygen atoms in total. The van der Waals surface area contributed by atoms with Crippen molar-refractivity contribution in [2.75, 3.05) is 31.2 Å². The van der Waals surface area contributed by atoms with E-state index in [1.807, 2.05) is 18.2 Å². The van der Waals surface area contributed by atoms with Crippen molar-refractivity contribution in [2.45, 2.75) is 0 Å². The molecule has 0 atom stereocenters. The zero-order chi connectivity index (χ0) is 16.9. The van der Waals surface area contributed by atoms with Crippen molar-refractivity contribution in [1.82, 2.24) is 0 Å². The maximum Gasteiger partial charge on any atom is 0.151 e. The zero-order valence-electron chi connectivity index (χ0n) is 12.7. The number of hydrogen-bond donors (Lipinski definition) is 0. The summed E-state index contributed by atoms with van der Waals surface area (Å²) in [7, 11) is 0. The van der Waals surface area contributed by atoms with Crippen LogP contribution in [0.3, 0.4) is 0 Å². The highest BCUT2D eigenvalue weighted by Crippen LogP contribution is 2.36. The number of furan rings is 1. The molecule has 0 spiro atoms. The van der Waals surface area contributed by atoms with Crippen LogP contribution in [0.25, 0.3) is 16.2 Å². The summed E-state index contributed by atoms with van der Waals surface area (Å²) in [5.74, 6) is 0.837. The molecule has 0 aromatic carbocycles. The van der Waals surface area contributed by atoms with Crippen LogP contribution >= 0.6 is 11.3 Å². The van der Waals surface area contributed by atoms with Gasteiger partial charge in [0.15, 0.2) is 5.57 Å². The second-order valence-corrected chi connectivity index (χ2v) is 6.05. The molecule has 0 radical (unpaired) electrons. The lowest BCUT2D eigenvalue weighted by atomic mass is 10.1. The number of hydrogen-bond acceptors (Lipinski definition) is 7. The van der Waals surface area contributed by atoms with Crippen LogP contribution in [-0.4, -0.2) is 26.3 Å². The number of nitrogens with zero attached hydrogens (tertiary/aromatic N) is 4. The van der Waals surface area contributed by atoms with Crippen LogP contribution < -0.4 is 4.90 Å². The van der Waals surface area contributed by atoms with Crippen LogP contribution in [0, 0.1) is 34.0 Å². The highest BCUT2D eigenvalue weighted by atomic mass is 32.1. The first-order valence-electron chi connectivity index (χ1n) is 7.24. The first-order valence-corrected chi connectivity index (χ1v) is 8.06. The summed E-state index contributed by atoms with van der Waals surface area (Å²) < 4.78 is 11.0. The Morgan fingerprint density at radius 1 is 1.00 bits per heavy atom. The van der Waals surface area contributed by atoms with Crippen LogP contribution in [0.5, 0.6) is 0 Å². The number of rotatable bonds is 3. The Morgan fingerprint density at radius 2 is 1.75 bits per heavy atom. The second kappa shape index (κ2) is 7.02. The van der Waals surface area contributed by atoms with Crippen LogP contribution in [0.15, 0.2) is 34.3 Å². The van der Waals surface area contributed by atoms with Gasteiger partial charge in [-0.05, 0) is 24.3 Å². The molecule has 2 aromatic heterocycles. The maximum absolute atomic E-state index is 9.18. The van der Waals surface area contributed by atoms with E-state index in [1.165, 1.54) is 0 Å². The Balaban J connectivity index is 1.88. The summed E-state index contributed by atoms with van der Waals surface area (Å²) in [5.41, 5.74) is -0.296. The summed E-state index contributed by atoms with van der Waals surface area (Å²) in [5, 5.41) is 28.2. The Labute approximate surface area is 143 Å². The van der Waals surface area contributed by atoms with Crippen molar-refractivity contribution < 1.29 is 9.15 Å². The monoisotopic (exact) mass is 336 g/mol. The minimum atomic E-state index is -0.251. The number of morpholine rings is 1. The fourth-order valence-corrected chi connectivity index (χ4v) is 3.41. The van der Waals surface area contributed by atoms with Crippen molar-refractivity contribution in [3.05, 3.63) is 35.6 Å². The number of anilines is 1. The SMILES string of the molecule is N#CC(C#N)=C(C#N)c1ccc(-c2ccc(N3CCOCC3)s2)o1. The molecular formula is C17H12N4O2S. The predicted octanol–water partition coefficient (Wildman–Crippen LogP) is 3.17. The molecule has 118 valence electrons. The zero-order valence-corrected chi connectivity index (χ0v) is 13.5. The lowest BCUT2D eigenvalue weighted by molar-refractivity contribution is 0.123. The predicted molar refractivity (Wildman–Crippen MR) is 88.8 cm³/mol. The molecule has 0 aliphatic carbocycles. The summed E-state index contributed by atoms with van der Waals surface area (Å²) >= 11 is 1.59. The van der Waals surface area contributed by atoms with Gasteiger partial charge < -0.3 is 14.1 Å². The first kappa shape index (κ1) is 15.8.